The fraction of sp³-hybridized carbons (Fsp3) is 0.531. The van der Waals surface area contributed by atoms with E-state index in [0.29, 0.717) is 48.5 Å². The molecular formula is C32H35F3N4O3S. The maximum Gasteiger partial charge on any atom is 0.398 e. The number of halogens is 3. The van der Waals surface area contributed by atoms with Gasteiger partial charge in [0.2, 0.25) is 0 Å². The molecule has 2 aromatic heterocycles. The number of pyridine rings is 1. The van der Waals surface area contributed by atoms with Crippen LogP contribution in [0, 0.1) is 11.3 Å². The zero-order valence-electron chi connectivity index (χ0n) is 23.9. The second kappa shape index (κ2) is 11.3. The Kier molecular flexibility index (Phi) is 7.56. The van der Waals surface area contributed by atoms with Crippen molar-refractivity contribution < 1.29 is 27.4 Å². The van der Waals surface area contributed by atoms with Gasteiger partial charge in [0.05, 0.1) is 47.8 Å². The Labute approximate surface area is 253 Å². The highest BCUT2D eigenvalue weighted by atomic mass is 32.1. The lowest BCUT2D eigenvalue weighted by atomic mass is 9.71. The third-order valence-electron chi connectivity index (χ3n) is 9.71. The van der Waals surface area contributed by atoms with Crippen LogP contribution in [0.5, 0.6) is 0 Å². The van der Waals surface area contributed by atoms with E-state index in [1.54, 1.807) is 36.0 Å². The van der Waals surface area contributed by atoms with Crippen molar-refractivity contribution in [3.63, 3.8) is 0 Å². The lowest BCUT2D eigenvalue weighted by Crippen LogP contribution is -2.62. The topological polar surface area (TPSA) is 67.8 Å². The van der Waals surface area contributed by atoms with E-state index in [2.05, 4.69) is 9.88 Å². The summed E-state index contributed by atoms with van der Waals surface area (Å²) in [5.41, 5.74) is 2.55. The fourth-order valence-electron chi connectivity index (χ4n) is 7.15. The lowest BCUT2D eigenvalue weighted by Gasteiger charge is -2.51. The predicted molar refractivity (Wildman–Crippen MR) is 156 cm³/mol. The van der Waals surface area contributed by atoms with Crippen LogP contribution in [0.3, 0.4) is 0 Å². The minimum Gasteiger partial charge on any atom is -0.377 e. The van der Waals surface area contributed by atoms with E-state index in [-0.39, 0.29) is 30.1 Å². The zero-order chi connectivity index (χ0) is 29.7. The van der Waals surface area contributed by atoms with E-state index in [4.69, 9.17) is 14.5 Å². The highest BCUT2D eigenvalue weighted by Gasteiger charge is 2.64. The van der Waals surface area contributed by atoms with Gasteiger partial charge in [-0.25, -0.2) is 0 Å². The van der Waals surface area contributed by atoms with E-state index in [1.807, 2.05) is 23.1 Å². The number of nitrogens with zero attached hydrogens (tertiary/aromatic N) is 4. The SMILES string of the molecule is O=C(c1cncs1)N1C[C@@H](COCc2cccc(-c3ccc(C4(C(F)(F)F)CC4)cc3)n2)C2(CN(CC3CCCO3)C2)C1. The second-order valence-electron chi connectivity index (χ2n) is 12.6. The van der Waals surface area contributed by atoms with Gasteiger partial charge in [0.1, 0.15) is 4.88 Å². The van der Waals surface area contributed by atoms with Crippen molar-refractivity contribution in [2.75, 3.05) is 45.9 Å². The Balaban J connectivity index is 0.991. The third kappa shape index (κ3) is 5.61. The molecule has 1 spiro atoms. The minimum atomic E-state index is -4.23. The van der Waals surface area contributed by atoms with Crippen molar-refractivity contribution in [1.29, 1.82) is 0 Å². The van der Waals surface area contributed by atoms with Gasteiger partial charge in [0.25, 0.3) is 5.91 Å². The quantitative estimate of drug-likeness (QED) is 0.315. The van der Waals surface area contributed by atoms with Crippen molar-refractivity contribution in [3.8, 4) is 11.3 Å². The number of carbonyl (C=O) groups excluding carboxylic acids is 1. The number of amides is 1. The average molecular weight is 613 g/mol. The third-order valence-corrected chi connectivity index (χ3v) is 10.5. The Morgan fingerprint density at radius 2 is 1.93 bits per heavy atom. The summed E-state index contributed by atoms with van der Waals surface area (Å²) in [7, 11) is 0. The maximum atomic E-state index is 13.5. The molecule has 2 atom stereocenters. The van der Waals surface area contributed by atoms with Gasteiger partial charge in [-0.05, 0) is 43.4 Å². The summed E-state index contributed by atoms with van der Waals surface area (Å²) in [6.45, 7) is 5.81. The Hall–Kier alpha value is -2.86. The van der Waals surface area contributed by atoms with Crippen molar-refractivity contribution in [1.82, 2.24) is 19.8 Å². The summed E-state index contributed by atoms with van der Waals surface area (Å²) in [6.07, 6.45) is 0.238. The Morgan fingerprint density at radius 1 is 1.12 bits per heavy atom. The van der Waals surface area contributed by atoms with E-state index >= 15 is 0 Å². The van der Waals surface area contributed by atoms with Gasteiger partial charge >= 0.3 is 6.18 Å². The lowest BCUT2D eigenvalue weighted by molar-refractivity contribution is -0.160. The Bertz CT molecular complexity index is 1430. The molecule has 0 radical (unpaired) electrons. The summed E-state index contributed by atoms with van der Waals surface area (Å²) in [5.74, 6) is 0.231. The average Bonchev–Trinajstić information content (AvgIpc) is 3.32. The van der Waals surface area contributed by atoms with Crippen LogP contribution in [-0.2, 0) is 21.5 Å². The van der Waals surface area contributed by atoms with Crippen LogP contribution < -0.4 is 0 Å². The van der Waals surface area contributed by atoms with Crippen LogP contribution in [0.25, 0.3) is 11.3 Å². The number of thiazole rings is 1. The molecule has 43 heavy (non-hydrogen) atoms. The molecule has 0 N–H and O–H groups in total. The number of aromatic nitrogens is 2. The number of likely N-dealkylation sites (tertiary alicyclic amines) is 2. The van der Waals surface area contributed by atoms with Crippen molar-refractivity contribution in [2.24, 2.45) is 11.3 Å². The summed E-state index contributed by atoms with van der Waals surface area (Å²) >= 11 is 1.37. The summed E-state index contributed by atoms with van der Waals surface area (Å²) in [4.78, 5) is 27.1. The van der Waals surface area contributed by atoms with Gasteiger partial charge < -0.3 is 14.4 Å². The number of hydrogen-bond acceptors (Lipinski definition) is 7. The molecule has 11 heteroatoms. The summed E-state index contributed by atoms with van der Waals surface area (Å²) in [5, 5.41) is 0. The number of benzene rings is 1. The summed E-state index contributed by atoms with van der Waals surface area (Å²) in [6, 6.07) is 12.3. The highest BCUT2D eigenvalue weighted by Crippen LogP contribution is 2.59. The van der Waals surface area contributed by atoms with Crippen LogP contribution >= 0.6 is 11.3 Å². The van der Waals surface area contributed by atoms with E-state index in [0.717, 1.165) is 50.3 Å². The molecule has 228 valence electrons. The maximum absolute atomic E-state index is 13.5. The molecule has 7 nitrogen and oxygen atoms in total. The standard InChI is InChI=1S/C32H35F3N4O3S/c33-32(34,35)31(10-11-31)23-8-6-22(7-9-23)27-5-1-3-25(37-27)17-41-16-24-14-39(29(40)28-13-36-21-43-28)20-30(24)18-38(19-30)15-26-4-2-12-42-26/h1,3,5-9,13,21,24,26H,2,4,10-12,14-20H2/t24-,26?/m0/s1. The van der Waals surface area contributed by atoms with Gasteiger partial charge in [0.15, 0.2) is 0 Å². The van der Waals surface area contributed by atoms with Crippen molar-refractivity contribution >= 4 is 17.2 Å². The molecule has 3 aliphatic heterocycles. The fourth-order valence-corrected chi connectivity index (χ4v) is 7.74. The molecule has 1 aromatic carbocycles. The zero-order valence-corrected chi connectivity index (χ0v) is 24.7. The largest absolute Gasteiger partial charge is 0.398 e. The van der Waals surface area contributed by atoms with Gasteiger partial charge in [-0.2, -0.15) is 13.2 Å². The molecule has 4 fully saturated rings. The van der Waals surface area contributed by atoms with Crippen LogP contribution in [0.1, 0.15) is 46.6 Å². The van der Waals surface area contributed by atoms with Gasteiger partial charge in [0, 0.05) is 56.2 Å². The first-order valence-corrected chi connectivity index (χ1v) is 15.9. The number of alkyl halides is 3. The van der Waals surface area contributed by atoms with Crippen molar-refractivity contribution in [2.45, 2.75) is 50.0 Å². The van der Waals surface area contributed by atoms with Crippen LogP contribution in [-0.4, -0.2) is 83.9 Å². The molecule has 5 heterocycles. The van der Waals surface area contributed by atoms with Crippen LogP contribution in [0.15, 0.2) is 54.2 Å². The molecule has 1 unspecified atom stereocenters. The number of carbonyl (C=O) groups is 1. The molecular weight excluding hydrogens is 577 g/mol. The number of ether oxygens (including phenoxy) is 2. The molecule has 1 amide bonds. The number of hydrogen-bond donors (Lipinski definition) is 0. The molecule has 4 aliphatic rings. The first-order valence-electron chi connectivity index (χ1n) is 15.0. The Morgan fingerprint density at radius 3 is 2.60 bits per heavy atom. The highest BCUT2D eigenvalue weighted by molar-refractivity contribution is 7.11. The monoisotopic (exact) mass is 612 g/mol. The van der Waals surface area contributed by atoms with Gasteiger partial charge in [-0.1, -0.05) is 30.3 Å². The van der Waals surface area contributed by atoms with Crippen LogP contribution in [0.4, 0.5) is 13.2 Å². The van der Waals surface area contributed by atoms with E-state index < -0.39 is 11.6 Å². The van der Waals surface area contributed by atoms with E-state index in [1.165, 1.54) is 11.3 Å². The first-order chi connectivity index (χ1) is 20.7. The van der Waals surface area contributed by atoms with Crippen molar-refractivity contribution in [3.05, 3.63) is 70.3 Å². The van der Waals surface area contributed by atoms with Crippen LogP contribution in [0.2, 0.25) is 0 Å². The van der Waals surface area contributed by atoms with E-state index in [9.17, 15) is 18.0 Å². The minimum absolute atomic E-state index is 0.00862. The molecule has 1 aliphatic carbocycles. The molecule has 7 rings (SSSR count). The second-order valence-corrected chi connectivity index (χ2v) is 13.5. The summed E-state index contributed by atoms with van der Waals surface area (Å²) < 4.78 is 52.7. The molecule has 1 saturated carbocycles. The normalized spacial score (nSPS) is 24.4. The molecule has 3 aromatic rings. The predicted octanol–water partition coefficient (Wildman–Crippen LogP) is 5.57. The van der Waals surface area contributed by atoms with Gasteiger partial charge in [-0.3, -0.25) is 19.7 Å². The first kappa shape index (κ1) is 28.9. The molecule has 0 bridgehead atoms. The smallest absolute Gasteiger partial charge is 0.377 e. The molecule has 3 saturated heterocycles. The number of rotatable bonds is 9. The van der Waals surface area contributed by atoms with Gasteiger partial charge in [-0.15, -0.1) is 11.3 Å².